The number of hydrogen-bond acceptors (Lipinski definition) is 6. The zero-order chi connectivity index (χ0) is 24.0. The lowest BCUT2D eigenvalue weighted by atomic mass is 9.88. The fourth-order valence-electron chi connectivity index (χ4n) is 3.32. The van der Waals surface area contributed by atoms with Gasteiger partial charge in [-0.25, -0.2) is 9.59 Å². The third kappa shape index (κ3) is 6.12. The van der Waals surface area contributed by atoms with Crippen molar-refractivity contribution in [1.82, 2.24) is 4.98 Å². The van der Waals surface area contributed by atoms with Gasteiger partial charge in [0.05, 0.1) is 13.0 Å². The van der Waals surface area contributed by atoms with E-state index in [0.29, 0.717) is 5.52 Å². The molecule has 1 heterocycles. The molecular weight excluding hydrogens is 443 g/mol. The van der Waals surface area contributed by atoms with Crippen molar-refractivity contribution in [1.29, 1.82) is 0 Å². The lowest BCUT2D eigenvalue weighted by Gasteiger charge is -2.16. The van der Waals surface area contributed by atoms with E-state index >= 15 is 0 Å². The Labute approximate surface area is 186 Å². The van der Waals surface area contributed by atoms with Crippen molar-refractivity contribution in [2.45, 2.75) is 25.4 Å². The Morgan fingerprint density at radius 3 is 2.42 bits per heavy atom. The van der Waals surface area contributed by atoms with Crippen molar-refractivity contribution >= 4 is 28.8 Å². The number of aromatic nitrogens is 1. The summed E-state index contributed by atoms with van der Waals surface area (Å²) in [5.74, 6) is -4.52. The number of aromatic amines is 1. The number of alkyl halides is 3. The van der Waals surface area contributed by atoms with E-state index in [0.717, 1.165) is 16.5 Å². The maximum Gasteiger partial charge on any atom is 0.491 e. The van der Waals surface area contributed by atoms with Crippen molar-refractivity contribution in [2.24, 2.45) is 0 Å². The van der Waals surface area contributed by atoms with Gasteiger partial charge >= 0.3 is 24.1 Å². The molecule has 3 rings (SSSR count). The predicted octanol–water partition coefficient (Wildman–Crippen LogP) is 4.26. The summed E-state index contributed by atoms with van der Waals surface area (Å²) in [6.07, 6.45) is -3.39. The first-order valence-electron chi connectivity index (χ1n) is 9.95. The summed E-state index contributed by atoms with van der Waals surface area (Å²) in [6.45, 7) is 1.12. The minimum Gasteiger partial charge on any atom is -0.482 e. The van der Waals surface area contributed by atoms with E-state index in [1.807, 2.05) is 30.3 Å². The molecule has 1 aromatic heterocycles. The van der Waals surface area contributed by atoms with Gasteiger partial charge in [0.15, 0.2) is 6.61 Å². The smallest absolute Gasteiger partial charge is 0.482 e. The molecule has 0 radical (unpaired) electrons. The normalized spacial score (nSPS) is 12.2. The van der Waals surface area contributed by atoms with Gasteiger partial charge in [0.25, 0.3) is 0 Å². The second-order valence-electron chi connectivity index (χ2n) is 6.97. The molecule has 0 aliphatic heterocycles. The number of carbonyl (C=O) groups is 3. The molecule has 0 saturated heterocycles. The van der Waals surface area contributed by atoms with Crippen molar-refractivity contribution in [3.05, 3.63) is 65.9 Å². The molecule has 0 saturated carbocycles. The maximum absolute atomic E-state index is 12.2. The average Bonchev–Trinajstić information content (AvgIpc) is 3.19. The Balaban J connectivity index is 1.78. The summed E-state index contributed by atoms with van der Waals surface area (Å²) in [6, 6.07) is 14.2. The quantitative estimate of drug-likeness (QED) is 0.396. The van der Waals surface area contributed by atoms with E-state index in [2.05, 4.69) is 9.72 Å². The predicted molar refractivity (Wildman–Crippen MR) is 110 cm³/mol. The summed E-state index contributed by atoms with van der Waals surface area (Å²) in [5.41, 5.74) is 2.38. The van der Waals surface area contributed by atoms with Gasteiger partial charge in [-0.3, -0.25) is 4.79 Å². The molecule has 1 unspecified atom stereocenters. The molecule has 0 fully saturated rings. The molecule has 0 amide bonds. The van der Waals surface area contributed by atoms with Crippen LogP contribution >= 0.6 is 0 Å². The maximum atomic E-state index is 12.2. The van der Waals surface area contributed by atoms with Crippen LogP contribution in [-0.4, -0.2) is 42.3 Å². The lowest BCUT2D eigenvalue weighted by molar-refractivity contribution is -0.202. The molecule has 1 atom stereocenters. The Bertz CT molecular complexity index is 1140. The highest BCUT2D eigenvalue weighted by atomic mass is 19.4. The van der Waals surface area contributed by atoms with Gasteiger partial charge in [0.1, 0.15) is 5.75 Å². The molecule has 1 N–H and O–H groups in total. The zero-order valence-corrected chi connectivity index (χ0v) is 17.5. The van der Waals surface area contributed by atoms with Gasteiger partial charge < -0.3 is 19.2 Å². The summed E-state index contributed by atoms with van der Waals surface area (Å²) in [5, 5.41) is 0.787. The number of rotatable bonds is 8. The minimum absolute atomic E-state index is 0.127. The highest BCUT2D eigenvalue weighted by Crippen LogP contribution is 2.35. The minimum atomic E-state index is -5.27. The van der Waals surface area contributed by atoms with Crippen molar-refractivity contribution in [2.75, 3.05) is 13.2 Å². The van der Waals surface area contributed by atoms with Gasteiger partial charge in [0, 0.05) is 29.1 Å². The number of carbonyl (C=O) groups excluding carboxylic acids is 3. The van der Waals surface area contributed by atoms with Crippen LogP contribution in [-0.2, 0) is 23.9 Å². The van der Waals surface area contributed by atoms with Crippen molar-refractivity contribution in [3.8, 4) is 5.75 Å². The molecule has 2 aromatic carbocycles. The SMILES string of the molecule is CCOC(=O)CC(c1ccccc1)c1c[nH]c2cc(OCC(=O)OC(=O)C(F)(F)F)ccc12. The van der Waals surface area contributed by atoms with E-state index in [1.54, 1.807) is 25.3 Å². The number of benzene rings is 2. The van der Waals surface area contributed by atoms with Crippen LogP contribution in [0.25, 0.3) is 10.9 Å². The van der Waals surface area contributed by atoms with E-state index in [9.17, 15) is 27.6 Å². The standard InChI is InChI=1S/C23H20F3NO6/c1-2-31-20(28)11-17(14-6-4-3-5-7-14)18-12-27-19-10-15(8-9-16(18)19)32-13-21(29)33-22(30)23(24,25)26/h3-10,12,17,27H,2,11,13H2,1H3. The molecule has 174 valence electrons. The van der Waals surface area contributed by atoms with E-state index in [-0.39, 0.29) is 30.7 Å². The molecule has 3 aromatic rings. The summed E-state index contributed by atoms with van der Waals surface area (Å²) < 4.78 is 50.4. The van der Waals surface area contributed by atoms with Crippen LogP contribution in [0.15, 0.2) is 54.7 Å². The van der Waals surface area contributed by atoms with E-state index in [1.165, 1.54) is 6.07 Å². The number of fused-ring (bicyclic) bond motifs is 1. The number of esters is 3. The van der Waals surface area contributed by atoms with Gasteiger partial charge in [-0.2, -0.15) is 13.2 Å². The van der Waals surface area contributed by atoms with Crippen LogP contribution in [0, 0.1) is 0 Å². The first-order chi connectivity index (χ1) is 15.7. The van der Waals surface area contributed by atoms with Gasteiger partial charge in [-0.1, -0.05) is 30.3 Å². The summed E-state index contributed by atoms with van der Waals surface area (Å²) in [4.78, 5) is 37.4. The Hall–Kier alpha value is -3.82. The Morgan fingerprint density at radius 2 is 1.76 bits per heavy atom. The topological polar surface area (TPSA) is 94.7 Å². The van der Waals surface area contributed by atoms with Gasteiger partial charge in [0.2, 0.25) is 0 Å². The second kappa shape index (κ2) is 10.2. The number of halogens is 3. The summed E-state index contributed by atoms with van der Waals surface area (Å²) >= 11 is 0. The number of hydrogen-bond donors (Lipinski definition) is 1. The average molecular weight is 463 g/mol. The monoisotopic (exact) mass is 463 g/mol. The van der Waals surface area contributed by atoms with Crippen molar-refractivity contribution in [3.63, 3.8) is 0 Å². The highest BCUT2D eigenvalue weighted by Gasteiger charge is 2.42. The van der Waals surface area contributed by atoms with E-state index < -0.39 is 24.7 Å². The molecule has 0 bridgehead atoms. The number of H-pyrrole nitrogens is 1. The molecule has 0 aliphatic rings. The third-order valence-electron chi connectivity index (χ3n) is 4.73. The van der Waals surface area contributed by atoms with Crippen LogP contribution in [0.4, 0.5) is 13.2 Å². The fourth-order valence-corrected chi connectivity index (χ4v) is 3.32. The Morgan fingerprint density at radius 1 is 1.03 bits per heavy atom. The first-order valence-corrected chi connectivity index (χ1v) is 9.95. The second-order valence-corrected chi connectivity index (χ2v) is 6.97. The van der Waals surface area contributed by atoms with Crippen LogP contribution in [0.2, 0.25) is 0 Å². The van der Waals surface area contributed by atoms with Crippen LogP contribution < -0.4 is 4.74 Å². The summed E-state index contributed by atoms with van der Waals surface area (Å²) in [7, 11) is 0. The molecule has 33 heavy (non-hydrogen) atoms. The highest BCUT2D eigenvalue weighted by molar-refractivity contribution is 5.89. The lowest BCUT2D eigenvalue weighted by Crippen LogP contribution is -2.30. The van der Waals surface area contributed by atoms with Gasteiger partial charge in [-0.05, 0) is 30.2 Å². The van der Waals surface area contributed by atoms with Crippen molar-refractivity contribution < 1.29 is 41.8 Å². The number of nitrogens with one attached hydrogen (secondary N) is 1. The van der Waals surface area contributed by atoms with Gasteiger partial charge in [-0.15, -0.1) is 0 Å². The Kier molecular flexibility index (Phi) is 7.37. The molecule has 7 nitrogen and oxygen atoms in total. The fraction of sp³-hybridized carbons (Fsp3) is 0.261. The van der Waals surface area contributed by atoms with Crippen LogP contribution in [0.5, 0.6) is 5.75 Å². The van der Waals surface area contributed by atoms with E-state index in [4.69, 9.17) is 9.47 Å². The van der Waals surface area contributed by atoms with Crippen LogP contribution in [0.3, 0.4) is 0 Å². The first kappa shape index (κ1) is 23.8. The van der Waals surface area contributed by atoms with Crippen LogP contribution in [0.1, 0.15) is 30.4 Å². The zero-order valence-electron chi connectivity index (χ0n) is 17.5. The molecule has 10 heteroatoms. The number of ether oxygens (including phenoxy) is 3. The third-order valence-corrected chi connectivity index (χ3v) is 4.73. The molecule has 0 aliphatic carbocycles. The molecular formula is C23H20F3NO6. The molecule has 0 spiro atoms. The largest absolute Gasteiger partial charge is 0.491 e.